The topological polar surface area (TPSA) is 117 Å². The molecule has 0 aliphatic carbocycles. The van der Waals surface area contributed by atoms with Crippen LogP contribution < -0.4 is 10.2 Å². The van der Waals surface area contributed by atoms with Gasteiger partial charge in [0, 0.05) is 23.2 Å². The zero-order valence-corrected chi connectivity index (χ0v) is 27.1. The summed E-state index contributed by atoms with van der Waals surface area (Å²) in [6, 6.07) is 8.13. The molecule has 0 radical (unpaired) electrons. The van der Waals surface area contributed by atoms with E-state index in [0.717, 1.165) is 22.9 Å². The zero-order valence-electron chi connectivity index (χ0n) is 25.5. The Bertz CT molecular complexity index is 1940. The molecule has 5 rings (SSSR count). The molecular formula is C31H31BClF2N3O6S. The number of aromatic nitrogens is 2. The Labute approximate surface area is 265 Å². The van der Waals surface area contributed by atoms with Gasteiger partial charge in [-0.05, 0) is 70.9 Å². The minimum absolute atomic E-state index is 0.0172. The van der Waals surface area contributed by atoms with E-state index in [2.05, 4.69) is 9.71 Å². The van der Waals surface area contributed by atoms with Gasteiger partial charge in [0.2, 0.25) is 15.8 Å². The molecular weight excluding hydrogens is 627 g/mol. The molecule has 0 amide bonds. The van der Waals surface area contributed by atoms with Crippen LogP contribution in [0.2, 0.25) is 5.02 Å². The van der Waals surface area contributed by atoms with Crippen LogP contribution >= 0.6 is 11.6 Å². The average molecular weight is 658 g/mol. The highest BCUT2D eigenvalue weighted by molar-refractivity contribution is 7.92. The van der Waals surface area contributed by atoms with E-state index >= 15 is 8.78 Å². The van der Waals surface area contributed by atoms with Crippen molar-refractivity contribution in [2.24, 2.45) is 0 Å². The smallest absolute Gasteiger partial charge is 0.399 e. The van der Waals surface area contributed by atoms with Gasteiger partial charge in [0.05, 0.1) is 44.4 Å². The summed E-state index contributed by atoms with van der Waals surface area (Å²) >= 11 is 6.38. The lowest BCUT2D eigenvalue weighted by Gasteiger charge is -2.32. The first-order chi connectivity index (χ1) is 21.0. The number of rotatable bonds is 8. The first kappa shape index (κ1) is 32.7. The highest BCUT2D eigenvalue weighted by atomic mass is 35.5. The number of nitrogens with one attached hydrogen (secondary N) is 1. The Morgan fingerprint density at radius 2 is 1.73 bits per heavy atom. The number of sulfonamides is 1. The number of nitrogens with zero attached hydrogens (tertiary/aromatic N) is 2. The minimum Gasteiger partial charge on any atom is -0.399 e. The lowest BCUT2D eigenvalue weighted by atomic mass is 9.79. The number of carbonyl (C=O) groups excluding carboxylic acids is 2. The van der Waals surface area contributed by atoms with Crippen LogP contribution in [0.15, 0.2) is 48.8 Å². The Morgan fingerprint density at radius 1 is 1.07 bits per heavy atom. The lowest BCUT2D eigenvalue weighted by molar-refractivity contribution is 0.00578. The summed E-state index contributed by atoms with van der Waals surface area (Å²) in [6.07, 6.45) is 2.83. The fourth-order valence-electron chi connectivity index (χ4n) is 5.05. The van der Waals surface area contributed by atoms with Gasteiger partial charge in [0.15, 0.2) is 5.82 Å². The van der Waals surface area contributed by atoms with Crippen molar-refractivity contribution < 1.29 is 36.1 Å². The van der Waals surface area contributed by atoms with Crippen LogP contribution in [0, 0.1) is 18.6 Å². The molecule has 0 spiro atoms. The van der Waals surface area contributed by atoms with Gasteiger partial charge in [0.1, 0.15) is 11.5 Å². The van der Waals surface area contributed by atoms with E-state index in [1.807, 2.05) is 27.7 Å². The van der Waals surface area contributed by atoms with E-state index in [4.69, 9.17) is 20.9 Å². The zero-order chi connectivity index (χ0) is 33.1. The highest BCUT2D eigenvalue weighted by Crippen LogP contribution is 2.37. The molecule has 236 valence electrons. The number of benzene rings is 2. The first-order valence-corrected chi connectivity index (χ1v) is 16.2. The van der Waals surface area contributed by atoms with Crippen molar-refractivity contribution in [3.05, 3.63) is 87.7 Å². The van der Waals surface area contributed by atoms with Gasteiger partial charge in [-0.15, -0.1) is 0 Å². The van der Waals surface area contributed by atoms with Crippen molar-refractivity contribution in [1.29, 1.82) is 0 Å². The van der Waals surface area contributed by atoms with Crippen LogP contribution in [0.25, 0.3) is 11.0 Å². The van der Waals surface area contributed by atoms with Crippen LogP contribution in [0.5, 0.6) is 0 Å². The third kappa shape index (κ3) is 5.89. The second-order valence-electron chi connectivity index (χ2n) is 11.9. The molecule has 3 heterocycles. The van der Waals surface area contributed by atoms with Crippen molar-refractivity contribution in [1.82, 2.24) is 9.55 Å². The fraction of sp³-hybridized carbons (Fsp3) is 0.323. The molecule has 2 aromatic carbocycles. The van der Waals surface area contributed by atoms with Crippen molar-refractivity contribution in [3.63, 3.8) is 0 Å². The molecule has 0 saturated carbocycles. The van der Waals surface area contributed by atoms with Gasteiger partial charge < -0.3 is 9.31 Å². The summed E-state index contributed by atoms with van der Waals surface area (Å²) in [5, 5.41) is 0.244. The van der Waals surface area contributed by atoms with E-state index in [1.54, 1.807) is 32.0 Å². The largest absolute Gasteiger partial charge is 0.496 e. The Kier molecular flexibility index (Phi) is 8.45. The first-order valence-electron chi connectivity index (χ1n) is 14.2. The van der Waals surface area contributed by atoms with E-state index < -0.39 is 62.9 Å². The number of halogens is 3. The molecule has 1 aliphatic heterocycles. The molecule has 1 aliphatic rings. The van der Waals surface area contributed by atoms with Gasteiger partial charge in [-0.3, -0.25) is 18.9 Å². The molecule has 1 saturated heterocycles. The Balaban J connectivity index is 1.70. The summed E-state index contributed by atoms with van der Waals surface area (Å²) in [6.45, 7) is 10.8. The maximum Gasteiger partial charge on any atom is 0.496 e. The predicted octanol–water partition coefficient (Wildman–Crippen LogP) is 5.65. The van der Waals surface area contributed by atoms with Crippen LogP contribution in [0.1, 0.15) is 72.9 Å². The Hall–Kier alpha value is -3.65. The molecule has 1 N–H and O–H groups in total. The molecule has 4 aromatic rings. The molecule has 2 aromatic heterocycles. The van der Waals surface area contributed by atoms with E-state index in [0.29, 0.717) is 11.0 Å². The van der Waals surface area contributed by atoms with Gasteiger partial charge >= 0.3 is 7.12 Å². The standard InChI is InChI=1S/C31H31BClF2N3O6S/c1-7-13-45(41,42)37-23-12-11-22(34)25(26(23)35)27(39)20-16-38(29(40)24-17(2)9-8-10-21(24)33)28-19(20)14-18(15-36-28)32-43-30(3,4)31(5,6)44-32/h8-12,14-16,37H,7,13H2,1-6H3. The fourth-order valence-corrected chi connectivity index (χ4v) is 6.49. The summed E-state index contributed by atoms with van der Waals surface area (Å²) in [4.78, 5) is 32.3. The van der Waals surface area contributed by atoms with Crippen molar-refractivity contribution in [3.8, 4) is 0 Å². The maximum atomic E-state index is 15.7. The number of aryl methyl sites for hydroxylation is 1. The number of fused-ring (bicyclic) bond motifs is 1. The molecule has 14 heteroatoms. The van der Waals surface area contributed by atoms with Gasteiger partial charge in [-0.1, -0.05) is 30.7 Å². The lowest BCUT2D eigenvalue weighted by Crippen LogP contribution is -2.41. The number of hydrogen-bond acceptors (Lipinski definition) is 7. The SMILES string of the molecule is CCCS(=O)(=O)Nc1ccc(F)c(C(=O)c2cn(C(=O)c3c(C)cccc3Cl)c3ncc(B4OC(C)(C)C(C)(C)O4)cc23)c1F. The monoisotopic (exact) mass is 657 g/mol. The Morgan fingerprint density at radius 3 is 2.36 bits per heavy atom. The van der Waals surface area contributed by atoms with Gasteiger partial charge in [-0.2, -0.15) is 0 Å². The van der Waals surface area contributed by atoms with Crippen molar-refractivity contribution in [2.45, 2.75) is 59.2 Å². The third-order valence-electron chi connectivity index (χ3n) is 8.15. The highest BCUT2D eigenvalue weighted by Gasteiger charge is 2.52. The van der Waals surface area contributed by atoms with Crippen LogP contribution in [0.3, 0.4) is 0 Å². The number of anilines is 1. The predicted molar refractivity (Wildman–Crippen MR) is 169 cm³/mol. The second kappa shape index (κ2) is 11.6. The molecule has 1 fully saturated rings. The molecule has 0 unspecified atom stereocenters. The van der Waals surface area contributed by atoms with Crippen LogP contribution in [0.4, 0.5) is 14.5 Å². The summed E-state index contributed by atoms with van der Waals surface area (Å²) in [5.41, 5.74) is -2.14. The normalized spacial score (nSPS) is 15.9. The second-order valence-corrected chi connectivity index (χ2v) is 14.2. The molecule has 0 bridgehead atoms. The van der Waals surface area contributed by atoms with Crippen LogP contribution in [-0.4, -0.2) is 53.7 Å². The quantitative estimate of drug-likeness (QED) is 0.192. The summed E-state index contributed by atoms with van der Waals surface area (Å²) in [5.74, 6) is -4.69. The van der Waals surface area contributed by atoms with E-state index in [-0.39, 0.29) is 39.4 Å². The van der Waals surface area contributed by atoms with Crippen molar-refractivity contribution >= 4 is 62.6 Å². The summed E-state index contributed by atoms with van der Waals surface area (Å²) in [7, 11) is -4.86. The van der Waals surface area contributed by atoms with Crippen LogP contribution in [-0.2, 0) is 19.3 Å². The van der Waals surface area contributed by atoms with E-state index in [9.17, 15) is 18.0 Å². The molecule has 45 heavy (non-hydrogen) atoms. The third-order valence-corrected chi connectivity index (χ3v) is 9.94. The number of ketones is 1. The molecule has 9 nitrogen and oxygen atoms in total. The molecule has 0 atom stereocenters. The number of carbonyl (C=O) groups is 2. The van der Waals surface area contributed by atoms with E-state index in [1.165, 1.54) is 12.3 Å². The minimum atomic E-state index is -3.96. The maximum absolute atomic E-state index is 15.7. The van der Waals surface area contributed by atoms with Gasteiger partial charge in [-0.25, -0.2) is 22.2 Å². The number of hydrogen-bond donors (Lipinski definition) is 1. The van der Waals surface area contributed by atoms with Gasteiger partial charge in [0.25, 0.3) is 5.91 Å². The number of pyridine rings is 1. The van der Waals surface area contributed by atoms with Crippen molar-refractivity contribution in [2.75, 3.05) is 10.5 Å². The summed E-state index contributed by atoms with van der Waals surface area (Å²) < 4.78 is 71.1. The average Bonchev–Trinajstić information content (AvgIpc) is 3.42.